The third kappa shape index (κ3) is 7.70. The zero-order valence-electron chi connectivity index (χ0n) is 28.1. The second kappa shape index (κ2) is 15.3. The molecule has 0 bridgehead atoms. The monoisotopic (exact) mass is 672 g/mol. The van der Waals surface area contributed by atoms with Gasteiger partial charge in [-0.25, -0.2) is 8.78 Å². The van der Waals surface area contributed by atoms with Crippen molar-refractivity contribution in [1.82, 2.24) is 24.7 Å². The molecule has 2 aromatic rings. The van der Waals surface area contributed by atoms with E-state index >= 15 is 0 Å². The average Bonchev–Trinajstić information content (AvgIpc) is 3.54. The van der Waals surface area contributed by atoms with Gasteiger partial charge < -0.3 is 20.3 Å². The summed E-state index contributed by atoms with van der Waals surface area (Å²) in [5.74, 6) is 0.188. The molecule has 1 aromatic heterocycles. The average molecular weight is 673 g/mol. The van der Waals surface area contributed by atoms with Crippen LogP contribution in [0.3, 0.4) is 0 Å². The molecule has 3 unspecified atom stereocenters. The van der Waals surface area contributed by atoms with E-state index in [4.69, 9.17) is 32.0 Å². The molecular weight excluding hydrogens is 626 g/mol. The summed E-state index contributed by atoms with van der Waals surface area (Å²) in [6, 6.07) is 6.12. The maximum absolute atomic E-state index is 14.6. The van der Waals surface area contributed by atoms with E-state index in [9.17, 15) is 13.6 Å². The van der Waals surface area contributed by atoms with Crippen molar-refractivity contribution in [2.75, 3.05) is 65.9 Å². The van der Waals surface area contributed by atoms with Crippen molar-refractivity contribution in [3.63, 3.8) is 0 Å². The van der Waals surface area contributed by atoms with Crippen molar-refractivity contribution in [2.45, 2.75) is 70.2 Å². The third-order valence-corrected chi connectivity index (χ3v) is 9.96. The van der Waals surface area contributed by atoms with Crippen molar-refractivity contribution in [2.24, 2.45) is 10.7 Å². The summed E-state index contributed by atoms with van der Waals surface area (Å²) in [5, 5.41) is 0.154. The lowest BCUT2D eigenvalue weighted by Crippen LogP contribution is -2.37. The number of nitrogens with zero attached hydrogens (tertiary/aromatic N) is 7. The number of rotatable bonds is 6. The van der Waals surface area contributed by atoms with Gasteiger partial charge in [-0.3, -0.25) is 19.6 Å². The van der Waals surface area contributed by atoms with Gasteiger partial charge in [0, 0.05) is 64.3 Å². The maximum atomic E-state index is 14.6. The van der Waals surface area contributed by atoms with E-state index in [2.05, 4.69) is 19.7 Å². The van der Waals surface area contributed by atoms with E-state index in [-0.39, 0.29) is 34.5 Å². The Kier molecular flexibility index (Phi) is 11.3. The van der Waals surface area contributed by atoms with E-state index in [1.165, 1.54) is 23.8 Å². The standard InChI is InChI=1S/C27H35ClFN7O2.C7H12FN/c1-6-16-17(9-7-10-19(16)29)22-13-20-18(14-35(22)4)25(33-27(32-20)38-5)36-12-8-11-31-21(15-36)23(28)24(30)26(37)34(2)3;8-6-4-7-2-1-3-9(7)5-6/h7,9-10,22H,6,8,11-15,30H2,1-5H3;6-7H,1-5H2/b24-23+;. The first-order chi connectivity index (χ1) is 22.5. The largest absolute Gasteiger partial charge is 0.467 e. The summed E-state index contributed by atoms with van der Waals surface area (Å²) < 4.78 is 32.7. The molecule has 47 heavy (non-hydrogen) atoms. The third-order valence-electron chi connectivity index (χ3n) is 9.54. The van der Waals surface area contributed by atoms with Crippen LogP contribution in [0, 0.1) is 5.82 Å². The highest BCUT2D eigenvalue weighted by Crippen LogP contribution is 2.38. The number of anilines is 1. The Hall–Kier alpha value is -3.35. The number of hydrogen-bond donors (Lipinski definition) is 1. The molecule has 256 valence electrons. The molecule has 10 nitrogen and oxygen atoms in total. The fourth-order valence-corrected chi connectivity index (χ4v) is 7.31. The van der Waals surface area contributed by atoms with Gasteiger partial charge in [0.25, 0.3) is 5.91 Å². The Morgan fingerprint density at radius 2 is 1.98 bits per heavy atom. The second-order valence-electron chi connectivity index (χ2n) is 12.9. The van der Waals surface area contributed by atoms with Crippen LogP contribution in [0.15, 0.2) is 33.9 Å². The van der Waals surface area contributed by atoms with Crippen LogP contribution in [-0.4, -0.2) is 109 Å². The molecule has 0 radical (unpaired) electrons. The van der Waals surface area contributed by atoms with E-state index in [1.807, 2.05) is 20.0 Å². The Bertz CT molecular complexity index is 1510. The van der Waals surface area contributed by atoms with Gasteiger partial charge in [0.05, 0.1) is 30.1 Å². The molecule has 0 saturated carbocycles. The molecule has 4 aliphatic rings. The van der Waals surface area contributed by atoms with E-state index < -0.39 is 6.17 Å². The van der Waals surface area contributed by atoms with Crippen LogP contribution >= 0.6 is 11.6 Å². The first-order valence-electron chi connectivity index (χ1n) is 16.5. The second-order valence-corrected chi connectivity index (χ2v) is 13.3. The molecule has 1 aromatic carbocycles. The lowest BCUT2D eigenvalue weighted by atomic mass is 9.89. The number of methoxy groups -OCH3 is 1. The molecule has 1 amide bonds. The highest BCUT2D eigenvalue weighted by atomic mass is 35.5. The number of carbonyl (C=O) groups excluding carboxylic acids is 1. The molecule has 0 spiro atoms. The molecule has 4 aliphatic heterocycles. The normalized spacial score (nSPS) is 23.5. The van der Waals surface area contributed by atoms with Crippen LogP contribution in [0.25, 0.3) is 0 Å². The first-order valence-corrected chi connectivity index (χ1v) is 16.8. The summed E-state index contributed by atoms with van der Waals surface area (Å²) in [7, 11) is 6.82. The highest BCUT2D eigenvalue weighted by molar-refractivity contribution is 6.45. The van der Waals surface area contributed by atoms with Crippen molar-refractivity contribution in [3.8, 4) is 6.01 Å². The van der Waals surface area contributed by atoms with Crippen molar-refractivity contribution >= 4 is 29.0 Å². The van der Waals surface area contributed by atoms with Crippen LogP contribution in [0.1, 0.15) is 61.0 Å². The Morgan fingerprint density at radius 3 is 2.68 bits per heavy atom. The predicted octanol–water partition coefficient (Wildman–Crippen LogP) is 4.26. The molecule has 0 aliphatic carbocycles. The summed E-state index contributed by atoms with van der Waals surface area (Å²) in [4.78, 5) is 34.5. The van der Waals surface area contributed by atoms with Crippen molar-refractivity contribution in [3.05, 3.63) is 57.1 Å². The molecular formula is C34H47ClF2N8O2. The van der Waals surface area contributed by atoms with Crippen LogP contribution in [-0.2, 0) is 24.2 Å². The zero-order valence-corrected chi connectivity index (χ0v) is 28.9. The van der Waals surface area contributed by atoms with Crippen LogP contribution < -0.4 is 15.4 Å². The minimum Gasteiger partial charge on any atom is -0.467 e. The minimum atomic E-state index is -0.518. The number of aromatic nitrogens is 2. The molecule has 5 heterocycles. The summed E-state index contributed by atoms with van der Waals surface area (Å²) >= 11 is 6.58. The molecule has 6 rings (SSSR count). The zero-order chi connectivity index (χ0) is 33.8. The number of aliphatic imine (C=N–C) groups is 1. The summed E-state index contributed by atoms with van der Waals surface area (Å²) in [6.45, 7) is 5.98. The number of fused-ring (bicyclic) bond motifs is 2. The van der Waals surface area contributed by atoms with Crippen LogP contribution in [0.4, 0.5) is 14.6 Å². The number of ether oxygens (including phenoxy) is 1. The molecule has 2 saturated heterocycles. The van der Waals surface area contributed by atoms with Gasteiger partial charge >= 0.3 is 6.01 Å². The van der Waals surface area contributed by atoms with Crippen molar-refractivity contribution < 1.29 is 18.3 Å². The SMILES string of the molecule is CCc1c(F)cccc1C1Cc2nc(OC)nc(N3CCCN=C(/C(Cl)=C(\N)C(=O)N(C)C)C3)c2CN1C.FC1CC2CCCN2C1. The van der Waals surface area contributed by atoms with Gasteiger partial charge in [-0.2, -0.15) is 9.97 Å². The Labute approximate surface area is 281 Å². The smallest absolute Gasteiger partial charge is 0.318 e. The number of hydrogen-bond acceptors (Lipinski definition) is 9. The molecule has 2 fully saturated rings. The number of nitrogens with two attached hydrogens (primary N) is 1. The maximum Gasteiger partial charge on any atom is 0.318 e. The quantitative estimate of drug-likeness (QED) is 0.455. The van der Waals surface area contributed by atoms with Gasteiger partial charge in [-0.1, -0.05) is 30.7 Å². The first kappa shape index (κ1) is 35.0. The Balaban J connectivity index is 0.000000410. The topological polar surface area (TPSA) is 103 Å². The van der Waals surface area contributed by atoms with Gasteiger partial charge in [0.15, 0.2) is 0 Å². The van der Waals surface area contributed by atoms with E-state index in [1.54, 1.807) is 27.3 Å². The van der Waals surface area contributed by atoms with E-state index in [0.717, 1.165) is 47.6 Å². The lowest BCUT2D eigenvalue weighted by Gasteiger charge is -2.37. The van der Waals surface area contributed by atoms with Gasteiger partial charge in [-0.05, 0) is 62.9 Å². The number of amides is 1. The molecule has 2 N–H and O–H groups in total. The Morgan fingerprint density at radius 1 is 1.19 bits per heavy atom. The fourth-order valence-electron chi connectivity index (χ4n) is 7.11. The number of halogens is 3. The summed E-state index contributed by atoms with van der Waals surface area (Å²) in [5.41, 5.74) is 10.1. The highest BCUT2D eigenvalue weighted by Gasteiger charge is 2.35. The number of benzene rings is 1. The van der Waals surface area contributed by atoms with Crippen LogP contribution in [0.5, 0.6) is 6.01 Å². The van der Waals surface area contributed by atoms with Crippen LogP contribution in [0.2, 0.25) is 0 Å². The van der Waals surface area contributed by atoms with Gasteiger partial charge in [-0.15, -0.1) is 0 Å². The molecule has 13 heteroatoms. The fraction of sp³-hybridized carbons (Fsp3) is 0.588. The lowest BCUT2D eigenvalue weighted by molar-refractivity contribution is -0.124. The predicted molar refractivity (Wildman–Crippen MR) is 181 cm³/mol. The van der Waals surface area contributed by atoms with Gasteiger partial charge in [0.2, 0.25) is 0 Å². The number of likely N-dealkylation sites (N-methyl/N-ethyl adjacent to an activating group) is 2. The molecule has 3 atom stereocenters. The van der Waals surface area contributed by atoms with E-state index in [0.29, 0.717) is 57.3 Å². The number of alkyl halides is 1. The number of carbonyl (C=O) groups is 1. The summed E-state index contributed by atoms with van der Waals surface area (Å²) in [6.07, 6.45) is 4.79. The van der Waals surface area contributed by atoms with Crippen molar-refractivity contribution in [1.29, 1.82) is 0 Å². The van der Waals surface area contributed by atoms with Gasteiger partial charge in [0.1, 0.15) is 23.5 Å². The minimum absolute atomic E-state index is 0.0314.